The fourth-order valence-corrected chi connectivity index (χ4v) is 3.86. The summed E-state index contributed by atoms with van der Waals surface area (Å²) in [4.78, 5) is 11.7. The number of imidazole rings is 1. The lowest BCUT2D eigenvalue weighted by molar-refractivity contribution is 0.129. The zero-order chi connectivity index (χ0) is 18.4. The molecule has 6 nitrogen and oxygen atoms in total. The van der Waals surface area contributed by atoms with Gasteiger partial charge in [-0.3, -0.25) is 4.99 Å². The van der Waals surface area contributed by atoms with Crippen LogP contribution in [-0.2, 0) is 4.74 Å². The molecule has 0 bridgehead atoms. The molecule has 2 heterocycles. The third-order valence-corrected chi connectivity index (χ3v) is 5.96. The van der Waals surface area contributed by atoms with Gasteiger partial charge in [0.2, 0.25) is 0 Å². The minimum atomic E-state index is 0. The molecular formula is C20H36IN5O. The maximum absolute atomic E-state index is 5.56. The number of piperidine rings is 1. The summed E-state index contributed by atoms with van der Waals surface area (Å²) in [5.74, 6) is 1.73. The fourth-order valence-electron chi connectivity index (χ4n) is 3.86. The molecule has 2 atom stereocenters. The standard InChI is InChI=1S/C20H35N5O.HI/c1-4-22-19(23-15-20(7-8-20)9-13-26-5-2)24-11-6-17(3)18(14-24)25-12-10-21-16-25;/h10,12,16-18H,4-9,11,13-15H2,1-3H3,(H,22,23);1H. The topological polar surface area (TPSA) is 54.7 Å². The molecule has 0 spiro atoms. The Morgan fingerprint density at radius 2 is 2.19 bits per heavy atom. The van der Waals surface area contributed by atoms with Gasteiger partial charge < -0.3 is 19.5 Å². The highest BCUT2D eigenvalue weighted by Crippen LogP contribution is 2.49. The minimum absolute atomic E-state index is 0. The van der Waals surface area contributed by atoms with E-state index in [2.05, 4.69) is 46.7 Å². The number of ether oxygens (including phenoxy) is 1. The Kier molecular flexibility index (Phi) is 8.85. The number of rotatable bonds is 8. The van der Waals surface area contributed by atoms with Crippen LogP contribution in [0.3, 0.4) is 0 Å². The fraction of sp³-hybridized carbons (Fsp3) is 0.800. The number of nitrogens with one attached hydrogen (secondary N) is 1. The van der Waals surface area contributed by atoms with Gasteiger partial charge in [0, 0.05) is 51.8 Å². The molecule has 1 N–H and O–H groups in total. The van der Waals surface area contributed by atoms with Crippen LogP contribution in [0.5, 0.6) is 0 Å². The molecule has 27 heavy (non-hydrogen) atoms. The molecule has 0 aromatic carbocycles. The molecule has 2 fully saturated rings. The number of hydrogen-bond donors (Lipinski definition) is 1. The molecule has 154 valence electrons. The summed E-state index contributed by atoms with van der Waals surface area (Å²) in [7, 11) is 0. The van der Waals surface area contributed by atoms with Crippen molar-refractivity contribution < 1.29 is 4.74 Å². The van der Waals surface area contributed by atoms with Gasteiger partial charge in [0.1, 0.15) is 0 Å². The van der Waals surface area contributed by atoms with Crippen molar-refractivity contribution in [3.8, 4) is 0 Å². The molecule has 0 amide bonds. The zero-order valence-corrected chi connectivity index (χ0v) is 19.4. The number of nitrogens with zero attached hydrogens (tertiary/aromatic N) is 4. The quantitative estimate of drug-likeness (QED) is 0.263. The van der Waals surface area contributed by atoms with Crippen LogP contribution in [0.1, 0.15) is 52.5 Å². The largest absolute Gasteiger partial charge is 0.382 e. The van der Waals surface area contributed by atoms with E-state index in [-0.39, 0.29) is 24.0 Å². The summed E-state index contributed by atoms with van der Waals surface area (Å²) in [6.07, 6.45) is 10.8. The van der Waals surface area contributed by atoms with Gasteiger partial charge in [-0.15, -0.1) is 24.0 Å². The molecule has 1 aliphatic heterocycles. The number of likely N-dealkylation sites (tertiary alicyclic amines) is 1. The molecule has 1 saturated carbocycles. The van der Waals surface area contributed by atoms with Crippen LogP contribution in [0.4, 0.5) is 0 Å². The van der Waals surface area contributed by atoms with Crippen LogP contribution >= 0.6 is 24.0 Å². The third kappa shape index (κ3) is 6.07. The Labute approximate surface area is 181 Å². The summed E-state index contributed by atoms with van der Waals surface area (Å²) in [6, 6.07) is 0.461. The van der Waals surface area contributed by atoms with Gasteiger partial charge >= 0.3 is 0 Å². The molecule has 7 heteroatoms. The average Bonchev–Trinajstić information content (AvgIpc) is 3.20. The molecule has 3 rings (SSSR count). The van der Waals surface area contributed by atoms with Crippen LogP contribution in [0.2, 0.25) is 0 Å². The first-order valence-corrected chi connectivity index (χ1v) is 10.3. The molecular weight excluding hydrogens is 453 g/mol. The van der Waals surface area contributed by atoms with E-state index in [4.69, 9.17) is 9.73 Å². The number of aliphatic imine (C=N–C) groups is 1. The van der Waals surface area contributed by atoms with Gasteiger partial charge in [-0.05, 0) is 50.9 Å². The predicted octanol–water partition coefficient (Wildman–Crippen LogP) is 3.56. The Bertz CT molecular complexity index is 573. The lowest BCUT2D eigenvalue weighted by Crippen LogP contribution is -2.49. The Hall–Kier alpha value is -0.830. The van der Waals surface area contributed by atoms with Crippen molar-refractivity contribution in [1.82, 2.24) is 19.8 Å². The van der Waals surface area contributed by atoms with Crippen molar-refractivity contribution in [1.29, 1.82) is 0 Å². The van der Waals surface area contributed by atoms with Gasteiger partial charge in [0.15, 0.2) is 5.96 Å². The van der Waals surface area contributed by atoms with Gasteiger partial charge in [0.05, 0.1) is 12.4 Å². The molecule has 0 radical (unpaired) electrons. The summed E-state index contributed by atoms with van der Waals surface area (Å²) in [5.41, 5.74) is 0.392. The first-order valence-electron chi connectivity index (χ1n) is 10.3. The monoisotopic (exact) mass is 489 g/mol. The molecule has 1 aromatic rings. The van der Waals surface area contributed by atoms with Gasteiger partial charge in [-0.1, -0.05) is 6.92 Å². The Balaban J connectivity index is 0.00000261. The van der Waals surface area contributed by atoms with E-state index in [0.717, 1.165) is 51.8 Å². The minimum Gasteiger partial charge on any atom is -0.382 e. The first-order chi connectivity index (χ1) is 12.7. The second-order valence-electron chi connectivity index (χ2n) is 7.91. The van der Waals surface area contributed by atoms with E-state index in [1.807, 2.05) is 12.5 Å². The normalized spacial score (nSPS) is 24.4. The predicted molar refractivity (Wildman–Crippen MR) is 121 cm³/mol. The van der Waals surface area contributed by atoms with Gasteiger partial charge in [-0.2, -0.15) is 0 Å². The average molecular weight is 489 g/mol. The summed E-state index contributed by atoms with van der Waals surface area (Å²) >= 11 is 0. The smallest absolute Gasteiger partial charge is 0.194 e. The second-order valence-corrected chi connectivity index (χ2v) is 7.91. The number of hydrogen-bond acceptors (Lipinski definition) is 3. The number of guanidine groups is 1. The third-order valence-electron chi connectivity index (χ3n) is 5.96. The van der Waals surface area contributed by atoms with Crippen molar-refractivity contribution in [2.45, 2.75) is 52.5 Å². The van der Waals surface area contributed by atoms with E-state index >= 15 is 0 Å². The van der Waals surface area contributed by atoms with Crippen molar-refractivity contribution in [2.75, 3.05) is 39.4 Å². The lowest BCUT2D eigenvalue weighted by atomic mass is 9.93. The van der Waals surface area contributed by atoms with Gasteiger partial charge in [-0.25, -0.2) is 4.98 Å². The number of aromatic nitrogens is 2. The van der Waals surface area contributed by atoms with E-state index < -0.39 is 0 Å². The maximum Gasteiger partial charge on any atom is 0.194 e. The van der Waals surface area contributed by atoms with Crippen molar-refractivity contribution in [2.24, 2.45) is 16.3 Å². The van der Waals surface area contributed by atoms with E-state index in [0.29, 0.717) is 17.4 Å². The number of halogens is 1. The summed E-state index contributed by atoms with van der Waals surface area (Å²) in [6.45, 7) is 12.1. The molecule has 2 aliphatic rings. The van der Waals surface area contributed by atoms with Crippen LogP contribution in [0.25, 0.3) is 0 Å². The van der Waals surface area contributed by atoms with E-state index in [1.54, 1.807) is 0 Å². The van der Waals surface area contributed by atoms with Crippen LogP contribution in [0, 0.1) is 11.3 Å². The van der Waals surface area contributed by atoms with Crippen molar-refractivity contribution in [3.63, 3.8) is 0 Å². The first kappa shape index (κ1) is 22.5. The second kappa shape index (κ2) is 10.6. The van der Waals surface area contributed by atoms with E-state index in [9.17, 15) is 0 Å². The molecule has 1 saturated heterocycles. The lowest BCUT2D eigenvalue weighted by Gasteiger charge is -2.39. The van der Waals surface area contributed by atoms with Crippen molar-refractivity contribution in [3.05, 3.63) is 18.7 Å². The van der Waals surface area contributed by atoms with Crippen LogP contribution in [0.15, 0.2) is 23.7 Å². The van der Waals surface area contributed by atoms with Crippen LogP contribution in [-0.4, -0.2) is 59.8 Å². The Morgan fingerprint density at radius 1 is 1.37 bits per heavy atom. The van der Waals surface area contributed by atoms with Crippen LogP contribution < -0.4 is 5.32 Å². The van der Waals surface area contributed by atoms with Crippen molar-refractivity contribution >= 4 is 29.9 Å². The highest BCUT2D eigenvalue weighted by atomic mass is 127. The molecule has 1 aromatic heterocycles. The zero-order valence-electron chi connectivity index (χ0n) is 17.1. The highest BCUT2D eigenvalue weighted by Gasteiger charge is 2.42. The van der Waals surface area contributed by atoms with Gasteiger partial charge in [0.25, 0.3) is 0 Å². The summed E-state index contributed by atoms with van der Waals surface area (Å²) < 4.78 is 7.82. The Morgan fingerprint density at radius 3 is 2.81 bits per heavy atom. The van der Waals surface area contributed by atoms with E-state index in [1.165, 1.54) is 19.3 Å². The molecule has 2 unspecified atom stereocenters. The maximum atomic E-state index is 5.56. The molecule has 1 aliphatic carbocycles. The highest BCUT2D eigenvalue weighted by molar-refractivity contribution is 14.0. The summed E-state index contributed by atoms with van der Waals surface area (Å²) in [5, 5.41) is 3.52. The SMILES string of the molecule is CCNC(=NCC1(CCOCC)CC1)N1CCC(C)C(n2ccnc2)C1.I.